The lowest BCUT2D eigenvalue weighted by atomic mass is 9.79. The van der Waals surface area contributed by atoms with Crippen LogP contribution in [0.25, 0.3) is 0 Å². The number of aryl methyl sites for hydroxylation is 1. The molecule has 1 fully saturated rings. The first kappa shape index (κ1) is 13.6. The second-order valence-electron chi connectivity index (χ2n) is 5.80. The number of ether oxygens (including phenoxy) is 1. The Bertz CT molecular complexity index is 390. The van der Waals surface area contributed by atoms with E-state index in [1.165, 1.54) is 24.0 Å². The Morgan fingerprint density at radius 3 is 2.83 bits per heavy atom. The van der Waals surface area contributed by atoms with E-state index in [0.29, 0.717) is 13.2 Å². The molecule has 1 aromatic rings. The molecule has 1 aromatic carbocycles. The van der Waals surface area contributed by atoms with Crippen molar-refractivity contribution in [1.82, 2.24) is 0 Å². The average Bonchev–Trinajstić information content (AvgIpc) is 2.38. The Hall–Kier alpha value is -0.860. The van der Waals surface area contributed by atoms with Crippen molar-refractivity contribution in [1.29, 1.82) is 0 Å². The first-order chi connectivity index (χ1) is 8.65. The third kappa shape index (κ3) is 3.12. The highest BCUT2D eigenvalue weighted by Gasteiger charge is 2.34. The summed E-state index contributed by atoms with van der Waals surface area (Å²) >= 11 is 0. The Labute approximate surface area is 111 Å². The maximum Gasteiger partial charge on any atom is 0.0811 e. The molecule has 1 aliphatic rings. The van der Waals surface area contributed by atoms with Crippen molar-refractivity contribution in [2.45, 2.75) is 51.7 Å². The van der Waals surface area contributed by atoms with Crippen molar-refractivity contribution in [3.63, 3.8) is 0 Å². The van der Waals surface area contributed by atoms with Crippen LogP contribution >= 0.6 is 0 Å². The molecule has 2 unspecified atom stereocenters. The number of nitrogens with two attached hydrogens (primary N) is 1. The SMILES string of the molecule is Cc1ccccc1COC1(CN)CCCC(C)C1. The standard InChI is InChI=1S/C16H25NO/c1-13-6-5-9-16(10-13,12-17)18-11-15-8-4-3-7-14(15)2/h3-4,7-8,13H,5-6,9-12,17H2,1-2H3. The third-order valence-corrected chi connectivity index (χ3v) is 4.22. The largest absolute Gasteiger partial charge is 0.369 e. The van der Waals surface area contributed by atoms with Gasteiger partial charge in [-0.25, -0.2) is 0 Å². The Morgan fingerprint density at radius 1 is 1.39 bits per heavy atom. The maximum atomic E-state index is 6.23. The molecule has 2 nitrogen and oxygen atoms in total. The summed E-state index contributed by atoms with van der Waals surface area (Å²) in [7, 11) is 0. The molecule has 0 amide bonds. The van der Waals surface area contributed by atoms with Crippen LogP contribution < -0.4 is 5.73 Å². The van der Waals surface area contributed by atoms with Gasteiger partial charge < -0.3 is 10.5 Å². The summed E-state index contributed by atoms with van der Waals surface area (Å²) in [4.78, 5) is 0. The minimum absolute atomic E-state index is 0.0834. The van der Waals surface area contributed by atoms with Crippen LogP contribution in [-0.4, -0.2) is 12.1 Å². The van der Waals surface area contributed by atoms with Crippen LogP contribution in [0.4, 0.5) is 0 Å². The Kier molecular flexibility index (Phi) is 4.41. The fourth-order valence-corrected chi connectivity index (χ4v) is 2.99. The van der Waals surface area contributed by atoms with Crippen molar-refractivity contribution in [2.24, 2.45) is 11.7 Å². The number of benzene rings is 1. The van der Waals surface area contributed by atoms with Crippen LogP contribution in [0.15, 0.2) is 24.3 Å². The van der Waals surface area contributed by atoms with Crippen LogP contribution in [0.2, 0.25) is 0 Å². The molecule has 100 valence electrons. The number of rotatable bonds is 4. The zero-order valence-corrected chi connectivity index (χ0v) is 11.6. The summed E-state index contributed by atoms with van der Waals surface area (Å²) in [5.74, 6) is 0.735. The molecular weight excluding hydrogens is 222 g/mol. The molecule has 2 rings (SSSR count). The molecule has 0 bridgehead atoms. The van der Waals surface area contributed by atoms with Crippen LogP contribution in [0.1, 0.15) is 43.7 Å². The third-order valence-electron chi connectivity index (χ3n) is 4.22. The van der Waals surface area contributed by atoms with Gasteiger partial charge >= 0.3 is 0 Å². The lowest BCUT2D eigenvalue weighted by molar-refractivity contribution is -0.0841. The molecule has 0 aromatic heterocycles. The average molecular weight is 247 g/mol. The molecule has 2 atom stereocenters. The number of hydrogen-bond donors (Lipinski definition) is 1. The van der Waals surface area contributed by atoms with Crippen molar-refractivity contribution in [3.8, 4) is 0 Å². The van der Waals surface area contributed by atoms with E-state index in [4.69, 9.17) is 10.5 Å². The van der Waals surface area contributed by atoms with E-state index >= 15 is 0 Å². The Balaban J connectivity index is 2.01. The van der Waals surface area contributed by atoms with E-state index < -0.39 is 0 Å². The lowest BCUT2D eigenvalue weighted by Crippen LogP contribution is -2.44. The molecule has 0 spiro atoms. The van der Waals surface area contributed by atoms with Gasteiger partial charge in [-0.1, -0.05) is 44.0 Å². The highest BCUT2D eigenvalue weighted by Crippen LogP contribution is 2.35. The second kappa shape index (κ2) is 5.85. The fraction of sp³-hybridized carbons (Fsp3) is 0.625. The fourth-order valence-electron chi connectivity index (χ4n) is 2.99. The first-order valence-corrected chi connectivity index (χ1v) is 7.04. The van der Waals surface area contributed by atoms with Crippen LogP contribution in [0.3, 0.4) is 0 Å². The van der Waals surface area contributed by atoms with Gasteiger partial charge in [-0.2, -0.15) is 0 Å². The summed E-state index contributed by atoms with van der Waals surface area (Å²) < 4.78 is 6.23. The van der Waals surface area contributed by atoms with Crippen molar-refractivity contribution in [3.05, 3.63) is 35.4 Å². The molecule has 1 saturated carbocycles. The number of hydrogen-bond acceptors (Lipinski definition) is 2. The summed E-state index contributed by atoms with van der Waals surface area (Å²) in [5, 5.41) is 0. The molecule has 1 aliphatic carbocycles. The zero-order chi connectivity index (χ0) is 13.0. The van der Waals surface area contributed by atoms with E-state index in [1.54, 1.807) is 0 Å². The van der Waals surface area contributed by atoms with Gasteiger partial charge in [0.1, 0.15) is 0 Å². The van der Waals surface area contributed by atoms with Gasteiger partial charge in [0.2, 0.25) is 0 Å². The topological polar surface area (TPSA) is 35.2 Å². The van der Waals surface area contributed by atoms with Gasteiger partial charge in [0.05, 0.1) is 12.2 Å². The molecule has 0 aliphatic heterocycles. The molecule has 18 heavy (non-hydrogen) atoms. The van der Waals surface area contributed by atoms with E-state index in [2.05, 4.69) is 38.1 Å². The van der Waals surface area contributed by atoms with Gasteiger partial charge in [0, 0.05) is 6.54 Å². The molecule has 0 saturated heterocycles. The minimum Gasteiger partial charge on any atom is -0.369 e. The van der Waals surface area contributed by atoms with Gasteiger partial charge in [0.15, 0.2) is 0 Å². The van der Waals surface area contributed by atoms with Crippen molar-refractivity contribution >= 4 is 0 Å². The molecule has 0 radical (unpaired) electrons. The Morgan fingerprint density at radius 2 is 2.17 bits per heavy atom. The summed E-state index contributed by atoms with van der Waals surface area (Å²) in [5.41, 5.74) is 8.47. The van der Waals surface area contributed by atoms with E-state index in [9.17, 15) is 0 Å². The van der Waals surface area contributed by atoms with E-state index in [-0.39, 0.29) is 5.60 Å². The maximum absolute atomic E-state index is 6.23. The van der Waals surface area contributed by atoms with E-state index in [0.717, 1.165) is 18.8 Å². The van der Waals surface area contributed by atoms with Gasteiger partial charge in [-0.05, 0) is 36.8 Å². The summed E-state index contributed by atoms with van der Waals surface area (Å²) in [6.07, 6.45) is 4.77. The monoisotopic (exact) mass is 247 g/mol. The van der Waals surface area contributed by atoms with Gasteiger partial charge in [0.25, 0.3) is 0 Å². The lowest BCUT2D eigenvalue weighted by Gasteiger charge is -2.39. The van der Waals surface area contributed by atoms with Crippen molar-refractivity contribution < 1.29 is 4.74 Å². The van der Waals surface area contributed by atoms with Crippen molar-refractivity contribution in [2.75, 3.05) is 6.54 Å². The van der Waals surface area contributed by atoms with Crippen LogP contribution in [-0.2, 0) is 11.3 Å². The van der Waals surface area contributed by atoms with E-state index in [1.807, 2.05) is 0 Å². The highest BCUT2D eigenvalue weighted by atomic mass is 16.5. The minimum atomic E-state index is -0.0834. The van der Waals surface area contributed by atoms with Gasteiger partial charge in [-0.3, -0.25) is 0 Å². The van der Waals surface area contributed by atoms with Crippen LogP contribution in [0.5, 0.6) is 0 Å². The predicted molar refractivity (Wildman–Crippen MR) is 75.4 cm³/mol. The predicted octanol–water partition coefficient (Wildman–Crippen LogP) is 3.42. The summed E-state index contributed by atoms with van der Waals surface area (Å²) in [6, 6.07) is 8.42. The molecule has 2 N–H and O–H groups in total. The smallest absolute Gasteiger partial charge is 0.0811 e. The molecular formula is C16H25NO. The highest BCUT2D eigenvalue weighted by molar-refractivity contribution is 5.24. The second-order valence-corrected chi connectivity index (χ2v) is 5.80. The van der Waals surface area contributed by atoms with Gasteiger partial charge in [-0.15, -0.1) is 0 Å². The van der Waals surface area contributed by atoms with Crippen LogP contribution in [0, 0.1) is 12.8 Å². The zero-order valence-electron chi connectivity index (χ0n) is 11.6. The molecule has 2 heteroatoms. The first-order valence-electron chi connectivity index (χ1n) is 7.04. The quantitative estimate of drug-likeness (QED) is 0.885. The summed E-state index contributed by atoms with van der Waals surface area (Å²) in [6.45, 7) is 5.78. The normalized spacial score (nSPS) is 28.3. The molecule has 0 heterocycles.